The summed E-state index contributed by atoms with van der Waals surface area (Å²) in [4.78, 5) is 0. The molecule has 1 N–H and O–H groups in total. The molecule has 0 aliphatic heterocycles. The summed E-state index contributed by atoms with van der Waals surface area (Å²) in [5.74, 6) is 0.481. The van der Waals surface area contributed by atoms with Crippen LogP contribution < -0.4 is 0 Å². The number of aryl methyl sites for hydroxylation is 2. The van der Waals surface area contributed by atoms with E-state index in [-0.39, 0.29) is 11.7 Å². The Labute approximate surface area is 126 Å². The molecule has 1 heterocycles. The highest BCUT2D eigenvalue weighted by molar-refractivity contribution is 5.38. The van der Waals surface area contributed by atoms with Gasteiger partial charge in [-0.25, -0.2) is 4.68 Å². The van der Waals surface area contributed by atoms with Crippen LogP contribution in [0.5, 0.6) is 0 Å². The Morgan fingerprint density at radius 2 is 2.14 bits per heavy atom. The zero-order valence-electron chi connectivity index (χ0n) is 12.9. The number of allylic oxidation sites excluding steroid dienone is 1. The highest BCUT2D eigenvalue weighted by Gasteiger charge is 2.13. The standard InChI is InChI=1S/C18H22N2O/c1-5-15(12-18(21)6-2)16-8-7-9-17(11-16)20-14(4)10-13(3)19-20/h7-11,15,21H,2,5,12H2,1,3-4H3. The Morgan fingerprint density at radius 1 is 1.38 bits per heavy atom. The van der Waals surface area contributed by atoms with Crippen molar-refractivity contribution in [2.24, 2.45) is 0 Å². The van der Waals surface area contributed by atoms with E-state index in [0.717, 1.165) is 23.5 Å². The van der Waals surface area contributed by atoms with Crippen molar-refractivity contribution >= 4 is 0 Å². The zero-order valence-corrected chi connectivity index (χ0v) is 12.9. The monoisotopic (exact) mass is 282 g/mol. The highest BCUT2D eigenvalue weighted by atomic mass is 16.3. The van der Waals surface area contributed by atoms with Crippen LogP contribution in [0.1, 0.15) is 42.6 Å². The predicted molar refractivity (Wildman–Crippen MR) is 86.0 cm³/mol. The molecule has 0 saturated heterocycles. The molecule has 2 aromatic rings. The molecule has 1 atom stereocenters. The normalized spacial score (nSPS) is 12.0. The van der Waals surface area contributed by atoms with E-state index in [4.69, 9.17) is 0 Å². The number of rotatable bonds is 5. The van der Waals surface area contributed by atoms with Gasteiger partial charge >= 0.3 is 0 Å². The minimum atomic E-state index is 0.221. The number of hydrogen-bond donors (Lipinski definition) is 1. The van der Waals surface area contributed by atoms with Crippen LogP contribution in [0.4, 0.5) is 0 Å². The van der Waals surface area contributed by atoms with Crippen LogP contribution in [0.25, 0.3) is 5.69 Å². The van der Waals surface area contributed by atoms with Gasteiger partial charge in [-0.3, -0.25) is 0 Å². The summed E-state index contributed by atoms with van der Waals surface area (Å²) >= 11 is 0. The Kier molecular flexibility index (Phi) is 4.66. The van der Waals surface area contributed by atoms with Crippen molar-refractivity contribution < 1.29 is 5.11 Å². The molecule has 21 heavy (non-hydrogen) atoms. The first-order valence-corrected chi connectivity index (χ1v) is 7.26. The summed E-state index contributed by atoms with van der Waals surface area (Å²) < 4.78 is 1.95. The maximum Gasteiger partial charge on any atom is 0.135 e. The minimum absolute atomic E-state index is 0.221. The van der Waals surface area contributed by atoms with Crippen molar-refractivity contribution in [3.05, 3.63) is 65.4 Å². The molecule has 0 saturated carbocycles. The lowest BCUT2D eigenvalue weighted by atomic mass is 9.92. The zero-order chi connectivity index (χ0) is 15.4. The Hall–Kier alpha value is -2.25. The molecule has 3 heteroatoms. The maximum absolute atomic E-state index is 9.68. The van der Waals surface area contributed by atoms with Gasteiger partial charge in [-0.05, 0) is 49.9 Å². The van der Waals surface area contributed by atoms with Gasteiger partial charge in [0.15, 0.2) is 0 Å². The van der Waals surface area contributed by atoms with Crippen LogP contribution in [0.15, 0.2) is 48.4 Å². The molecule has 110 valence electrons. The van der Waals surface area contributed by atoms with Gasteiger partial charge < -0.3 is 5.11 Å². The quantitative estimate of drug-likeness (QED) is 0.643. The second-order valence-electron chi connectivity index (χ2n) is 5.37. The molecule has 0 aliphatic carbocycles. The van der Waals surface area contributed by atoms with Gasteiger partial charge in [0.05, 0.1) is 11.4 Å². The van der Waals surface area contributed by atoms with Gasteiger partial charge in [-0.2, -0.15) is 5.10 Å². The van der Waals surface area contributed by atoms with Crippen molar-refractivity contribution in [3.63, 3.8) is 0 Å². The van der Waals surface area contributed by atoms with E-state index in [1.807, 2.05) is 17.7 Å². The van der Waals surface area contributed by atoms with Crippen LogP contribution in [0, 0.1) is 13.8 Å². The molecule has 0 spiro atoms. The first-order valence-electron chi connectivity index (χ1n) is 7.26. The second kappa shape index (κ2) is 6.47. The van der Waals surface area contributed by atoms with E-state index in [0.29, 0.717) is 6.42 Å². The molecule has 2 rings (SSSR count). The summed E-state index contributed by atoms with van der Waals surface area (Å²) in [6.07, 6.45) is 1.52. The fourth-order valence-corrected chi connectivity index (χ4v) is 2.60. The van der Waals surface area contributed by atoms with E-state index in [9.17, 15) is 5.11 Å². The topological polar surface area (TPSA) is 38.0 Å². The van der Waals surface area contributed by atoms with E-state index in [2.05, 4.69) is 55.5 Å². The summed E-state index contributed by atoms with van der Waals surface area (Å²) in [6, 6.07) is 10.4. The summed E-state index contributed by atoms with van der Waals surface area (Å²) in [7, 11) is 0. The molecular formula is C18H22N2O. The molecule has 1 aromatic heterocycles. The van der Waals surface area contributed by atoms with Crippen LogP contribution in [-0.4, -0.2) is 14.9 Å². The molecule has 0 aliphatic rings. The lowest BCUT2D eigenvalue weighted by molar-refractivity contribution is 0.373. The van der Waals surface area contributed by atoms with Gasteiger partial charge in [-0.15, -0.1) is 0 Å². The molecule has 0 fully saturated rings. The lowest BCUT2D eigenvalue weighted by Gasteiger charge is -2.16. The van der Waals surface area contributed by atoms with Gasteiger partial charge in [0, 0.05) is 12.1 Å². The molecule has 1 unspecified atom stereocenters. The van der Waals surface area contributed by atoms with Gasteiger partial charge in [0.1, 0.15) is 5.76 Å². The van der Waals surface area contributed by atoms with Gasteiger partial charge in [0.2, 0.25) is 0 Å². The molecule has 0 amide bonds. The first-order chi connectivity index (χ1) is 10.0. The van der Waals surface area contributed by atoms with E-state index < -0.39 is 0 Å². The number of aliphatic hydroxyl groups excluding tert-OH is 1. The largest absolute Gasteiger partial charge is 0.505 e. The molecule has 0 radical (unpaired) electrons. The maximum atomic E-state index is 9.68. The lowest BCUT2D eigenvalue weighted by Crippen LogP contribution is -2.03. The third-order valence-electron chi connectivity index (χ3n) is 3.73. The van der Waals surface area contributed by atoms with Gasteiger partial charge in [0.25, 0.3) is 0 Å². The minimum Gasteiger partial charge on any atom is -0.505 e. The number of hydrogen-bond acceptors (Lipinski definition) is 2. The summed E-state index contributed by atoms with van der Waals surface area (Å²) in [5, 5.41) is 14.2. The third kappa shape index (κ3) is 3.45. The second-order valence-corrected chi connectivity index (χ2v) is 5.37. The van der Waals surface area contributed by atoms with Crippen molar-refractivity contribution in [3.8, 4) is 5.69 Å². The Morgan fingerprint density at radius 3 is 2.71 bits per heavy atom. The average molecular weight is 282 g/mol. The number of aromatic nitrogens is 2. The SMILES string of the molecule is C=C=C(O)CC(CC)c1cccc(-n2nc(C)cc2C)c1. The van der Waals surface area contributed by atoms with Crippen LogP contribution in [0.2, 0.25) is 0 Å². The summed E-state index contributed by atoms with van der Waals surface area (Å²) in [5.41, 5.74) is 6.94. The van der Waals surface area contributed by atoms with Crippen LogP contribution in [-0.2, 0) is 0 Å². The molecule has 0 bridgehead atoms. The average Bonchev–Trinajstić information content (AvgIpc) is 2.83. The predicted octanol–water partition coefficient (Wildman–Crippen LogP) is 4.60. The van der Waals surface area contributed by atoms with Crippen molar-refractivity contribution in [1.29, 1.82) is 0 Å². The van der Waals surface area contributed by atoms with Crippen LogP contribution >= 0.6 is 0 Å². The molecule has 3 nitrogen and oxygen atoms in total. The van der Waals surface area contributed by atoms with Gasteiger partial charge in [-0.1, -0.05) is 31.4 Å². The van der Waals surface area contributed by atoms with Crippen molar-refractivity contribution in [2.75, 3.05) is 0 Å². The van der Waals surface area contributed by atoms with Crippen molar-refractivity contribution in [2.45, 2.75) is 39.5 Å². The third-order valence-corrected chi connectivity index (χ3v) is 3.73. The molecule has 1 aromatic carbocycles. The fourth-order valence-electron chi connectivity index (χ4n) is 2.60. The number of nitrogens with zero attached hydrogens (tertiary/aromatic N) is 2. The Balaban J connectivity index is 2.36. The van der Waals surface area contributed by atoms with E-state index in [1.165, 1.54) is 5.56 Å². The smallest absolute Gasteiger partial charge is 0.135 e. The number of benzene rings is 1. The van der Waals surface area contributed by atoms with Crippen molar-refractivity contribution in [1.82, 2.24) is 9.78 Å². The van der Waals surface area contributed by atoms with Crippen LogP contribution in [0.3, 0.4) is 0 Å². The van der Waals surface area contributed by atoms with E-state index in [1.54, 1.807) is 0 Å². The summed E-state index contributed by atoms with van der Waals surface area (Å²) in [6.45, 7) is 9.66. The molecular weight excluding hydrogens is 260 g/mol. The first kappa shape index (κ1) is 15.1. The highest BCUT2D eigenvalue weighted by Crippen LogP contribution is 2.27. The fraction of sp³-hybridized carbons (Fsp3) is 0.333. The Bertz CT molecular complexity index is 678. The number of aliphatic hydroxyl groups is 1. The van der Waals surface area contributed by atoms with E-state index >= 15 is 0 Å².